The molecule has 0 bridgehead atoms. The number of sulfonamides is 1. The topological polar surface area (TPSA) is 125 Å². The van der Waals surface area contributed by atoms with Crippen LogP contribution in [0.4, 0.5) is 19.3 Å². The number of halogens is 2. The van der Waals surface area contributed by atoms with Gasteiger partial charge in [0, 0.05) is 18.8 Å². The summed E-state index contributed by atoms with van der Waals surface area (Å²) < 4.78 is 56.0. The first-order valence-corrected chi connectivity index (χ1v) is 12.5. The monoisotopic (exact) mass is 522 g/mol. The Morgan fingerprint density at radius 3 is 2.44 bits per heavy atom. The van der Waals surface area contributed by atoms with Gasteiger partial charge in [-0.05, 0) is 55.7 Å². The van der Waals surface area contributed by atoms with E-state index in [1.165, 1.54) is 59.8 Å². The van der Waals surface area contributed by atoms with E-state index in [0.717, 1.165) is 17.7 Å². The van der Waals surface area contributed by atoms with E-state index in [1.54, 1.807) is 0 Å². The van der Waals surface area contributed by atoms with E-state index in [0.29, 0.717) is 18.7 Å². The van der Waals surface area contributed by atoms with Gasteiger partial charge in [-0.25, -0.2) is 13.2 Å². The molecule has 0 aliphatic carbocycles. The smallest absolute Gasteiger partial charge is 0.387 e. The number of anilines is 1. The number of ether oxygens (including phenoxy) is 1. The normalized spacial score (nSPS) is 20.6. The Morgan fingerprint density at radius 2 is 1.81 bits per heavy atom. The Labute approximate surface area is 206 Å². The number of amides is 4. The molecule has 192 valence electrons. The second-order valence-electron chi connectivity index (χ2n) is 8.54. The Kier molecular flexibility index (Phi) is 6.96. The van der Waals surface area contributed by atoms with E-state index in [-0.39, 0.29) is 16.3 Å². The summed E-state index contributed by atoms with van der Waals surface area (Å²) in [5.74, 6) is -1.53. The molecule has 2 heterocycles. The maximum Gasteiger partial charge on any atom is 0.387 e. The predicted molar refractivity (Wildman–Crippen MR) is 124 cm³/mol. The molecule has 0 aromatic heterocycles. The maximum absolute atomic E-state index is 13.0. The second-order valence-corrected chi connectivity index (χ2v) is 10.5. The van der Waals surface area contributed by atoms with Gasteiger partial charge in [-0.1, -0.05) is 18.2 Å². The number of alkyl halides is 2. The second kappa shape index (κ2) is 9.82. The standard InChI is InChI=1S/C23H24F2N4O6S/c1-23(15-7-9-17(10-8-15)35-21(24)25)20(31)29(22(32)27-23)14-19(30)26-16-5-4-6-18(13-16)36(33,34)28-11-2-3-12-28/h4-10,13,21H,2-3,11-12,14H2,1H3,(H,26,30)(H,27,32)/t23-/m1/s1. The Hall–Kier alpha value is -3.58. The zero-order chi connectivity index (χ0) is 26.1. The number of rotatable bonds is 8. The highest BCUT2D eigenvalue weighted by Gasteiger charge is 2.49. The highest BCUT2D eigenvalue weighted by molar-refractivity contribution is 7.89. The molecule has 0 radical (unpaired) electrons. The zero-order valence-electron chi connectivity index (χ0n) is 19.2. The van der Waals surface area contributed by atoms with Gasteiger partial charge >= 0.3 is 12.6 Å². The number of hydrogen-bond donors (Lipinski definition) is 2. The molecule has 2 aromatic carbocycles. The molecule has 4 amide bonds. The van der Waals surface area contributed by atoms with Crippen molar-refractivity contribution >= 4 is 33.6 Å². The van der Waals surface area contributed by atoms with Crippen molar-refractivity contribution in [1.82, 2.24) is 14.5 Å². The lowest BCUT2D eigenvalue weighted by Crippen LogP contribution is -2.42. The lowest BCUT2D eigenvalue weighted by Gasteiger charge is -2.22. The molecule has 2 N–H and O–H groups in total. The van der Waals surface area contributed by atoms with E-state index in [1.807, 2.05) is 0 Å². The average molecular weight is 523 g/mol. The van der Waals surface area contributed by atoms with Crippen LogP contribution < -0.4 is 15.4 Å². The quantitative estimate of drug-likeness (QED) is 0.514. The first kappa shape index (κ1) is 25.5. The third kappa shape index (κ3) is 5.02. The van der Waals surface area contributed by atoms with E-state index < -0.39 is 46.6 Å². The van der Waals surface area contributed by atoms with Crippen LogP contribution in [0.3, 0.4) is 0 Å². The van der Waals surface area contributed by atoms with Crippen LogP contribution >= 0.6 is 0 Å². The van der Waals surface area contributed by atoms with Crippen LogP contribution in [-0.2, 0) is 25.2 Å². The summed E-state index contributed by atoms with van der Waals surface area (Å²) in [6.07, 6.45) is 1.57. The molecule has 10 nitrogen and oxygen atoms in total. The fraction of sp³-hybridized carbons (Fsp3) is 0.348. The summed E-state index contributed by atoms with van der Waals surface area (Å²) in [6, 6.07) is 10.2. The highest BCUT2D eigenvalue weighted by Crippen LogP contribution is 2.30. The minimum Gasteiger partial charge on any atom is -0.435 e. The molecule has 2 aliphatic rings. The molecule has 0 spiro atoms. The summed E-state index contributed by atoms with van der Waals surface area (Å²) >= 11 is 0. The first-order valence-electron chi connectivity index (χ1n) is 11.1. The van der Waals surface area contributed by atoms with Crippen LogP contribution in [0.2, 0.25) is 0 Å². The Morgan fingerprint density at radius 1 is 1.14 bits per heavy atom. The number of nitrogens with zero attached hydrogens (tertiary/aromatic N) is 2. The largest absolute Gasteiger partial charge is 0.435 e. The Balaban J connectivity index is 1.44. The van der Waals surface area contributed by atoms with E-state index in [2.05, 4.69) is 15.4 Å². The van der Waals surface area contributed by atoms with Crippen LogP contribution in [0.5, 0.6) is 5.75 Å². The van der Waals surface area contributed by atoms with Gasteiger partial charge in [0.15, 0.2) is 0 Å². The summed E-state index contributed by atoms with van der Waals surface area (Å²) in [4.78, 5) is 39.0. The highest BCUT2D eigenvalue weighted by atomic mass is 32.2. The van der Waals surface area contributed by atoms with Crippen molar-refractivity contribution in [2.75, 3.05) is 25.0 Å². The van der Waals surface area contributed by atoms with Crippen LogP contribution in [0.15, 0.2) is 53.4 Å². The van der Waals surface area contributed by atoms with Crippen LogP contribution in [0.25, 0.3) is 0 Å². The predicted octanol–water partition coefficient (Wildman–Crippen LogP) is 2.48. The van der Waals surface area contributed by atoms with Crippen molar-refractivity contribution in [2.45, 2.75) is 36.8 Å². The number of urea groups is 1. The molecule has 2 fully saturated rings. The minimum atomic E-state index is -3.69. The molecular weight excluding hydrogens is 498 g/mol. The van der Waals surface area contributed by atoms with Gasteiger partial charge in [0.2, 0.25) is 15.9 Å². The molecule has 36 heavy (non-hydrogen) atoms. The molecule has 2 aliphatic heterocycles. The van der Waals surface area contributed by atoms with Crippen molar-refractivity contribution in [2.24, 2.45) is 0 Å². The van der Waals surface area contributed by atoms with Gasteiger partial charge in [-0.15, -0.1) is 0 Å². The lowest BCUT2D eigenvalue weighted by molar-refractivity contribution is -0.133. The van der Waals surface area contributed by atoms with Crippen LogP contribution in [0.1, 0.15) is 25.3 Å². The van der Waals surface area contributed by atoms with Gasteiger partial charge < -0.3 is 15.4 Å². The minimum absolute atomic E-state index is 0.0315. The van der Waals surface area contributed by atoms with Gasteiger partial charge in [0.1, 0.15) is 17.8 Å². The molecule has 2 saturated heterocycles. The molecule has 1 atom stereocenters. The number of carbonyl (C=O) groups is 3. The summed E-state index contributed by atoms with van der Waals surface area (Å²) in [6.45, 7) is -1.32. The fourth-order valence-electron chi connectivity index (χ4n) is 4.16. The van der Waals surface area contributed by atoms with E-state index in [4.69, 9.17) is 0 Å². The van der Waals surface area contributed by atoms with Gasteiger partial charge in [0.25, 0.3) is 5.91 Å². The van der Waals surface area contributed by atoms with E-state index >= 15 is 0 Å². The first-order chi connectivity index (χ1) is 17.0. The fourth-order valence-corrected chi connectivity index (χ4v) is 5.73. The molecular formula is C23H24F2N4O6S. The van der Waals surface area contributed by atoms with Crippen LogP contribution in [-0.4, -0.2) is 61.7 Å². The van der Waals surface area contributed by atoms with Crippen molar-refractivity contribution in [1.29, 1.82) is 0 Å². The number of imide groups is 1. The van der Waals surface area contributed by atoms with Gasteiger partial charge in [-0.3, -0.25) is 14.5 Å². The number of carbonyl (C=O) groups excluding carboxylic acids is 3. The molecule has 2 aromatic rings. The van der Waals surface area contributed by atoms with Crippen LogP contribution in [0, 0.1) is 0 Å². The molecule has 13 heteroatoms. The number of hydrogen-bond acceptors (Lipinski definition) is 6. The summed E-state index contributed by atoms with van der Waals surface area (Å²) in [5, 5.41) is 5.04. The number of benzene rings is 2. The average Bonchev–Trinajstić information content (AvgIpc) is 3.44. The molecule has 0 saturated carbocycles. The SMILES string of the molecule is C[C@]1(c2ccc(OC(F)F)cc2)NC(=O)N(CC(=O)Nc2cccc(S(=O)(=O)N3CCCC3)c2)C1=O. The molecule has 0 unspecified atom stereocenters. The third-order valence-corrected chi connectivity index (χ3v) is 7.95. The summed E-state index contributed by atoms with van der Waals surface area (Å²) in [7, 11) is -3.69. The zero-order valence-corrected chi connectivity index (χ0v) is 20.1. The van der Waals surface area contributed by atoms with Crippen molar-refractivity contribution < 1.29 is 36.3 Å². The van der Waals surface area contributed by atoms with Crippen molar-refractivity contribution in [3.05, 3.63) is 54.1 Å². The molecule has 4 rings (SSSR count). The van der Waals surface area contributed by atoms with Gasteiger partial charge in [-0.2, -0.15) is 13.1 Å². The van der Waals surface area contributed by atoms with Crippen molar-refractivity contribution in [3.63, 3.8) is 0 Å². The maximum atomic E-state index is 13.0. The Bertz CT molecular complexity index is 1280. The number of nitrogens with one attached hydrogen (secondary N) is 2. The summed E-state index contributed by atoms with van der Waals surface area (Å²) in [5.41, 5.74) is -1.01. The third-order valence-electron chi connectivity index (χ3n) is 6.05. The van der Waals surface area contributed by atoms with E-state index in [9.17, 15) is 31.6 Å². The van der Waals surface area contributed by atoms with Crippen molar-refractivity contribution in [3.8, 4) is 5.75 Å². The van der Waals surface area contributed by atoms with Gasteiger partial charge in [0.05, 0.1) is 4.90 Å². The lowest BCUT2D eigenvalue weighted by atomic mass is 9.92.